The molecule has 0 fully saturated rings. The number of carbonyl (C=O) groups is 2. The van der Waals surface area contributed by atoms with Crippen molar-refractivity contribution in [1.29, 1.82) is 0 Å². The van der Waals surface area contributed by atoms with Crippen LogP contribution in [0.25, 0.3) is 10.8 Å². The number of hydrogen-bond acceptors (Lipinski definition) is 7. The Morgan fingerprint density at radius 1 is 0.745 bits per heavy atom. The van der Waals surface area contributed by atoms with Gasteiger partial charge in [-0.2, -0.15) is 0 Å². The van der Waals surface area contributed by atoms with E-state index in [9.17, 15) is 9.59 Å². The molecule has 0 N–H and O–H groups in total. The molecular weight excluding hydrogens is 614 g/mol. The Kier molecular flexibility index (Phi) is 14.3. The van der Waals surface area contributed by atoms with Crippen molar-refractivity contribution in [3.05, 3.63) is 126 Å². The number of benzene rings is 3. The van der Waals surface area contributed by atoms with Crippen molar-refractivity contribution < 1.29 is 28.5 Å². The third-order valence-corrected chi connectivity index (χ3v) is 7.20. The molecule has 1 heterocycles. The summed E-state index contributed by atoms with van der Waals surface area (Å²) in [4.78, 5) is 27.7. The zero-order valence-electron chi connectivity index (χ0n) is 27.4. The summed E-state index contributed by atoms with van der Waals surface area (Å²) in [5, 5.41) is 2.14. The number of carbonyl (C=O) groups excluding carboxylic acids is 2. The quantitative estimate of drug-likeness (QED) is 0.106. The summed E-state index contributed by atoms with van der Waals surface area (Å²) in [5.74, 6) is 2.54. The lowest BCUT2D eigenvalue weighted by atomic mass is 9.86. The highest BCUT2D eigenvalue weighted by Gasteiger charge is 2.21. The molecule has 7 nitrogen and oxygen atoms in total. The van der Waals surface area contributed by atoms with Gasteiger partial charge in [0.1, 0.15) is 0 Å². The summed E-state index contributed by atoms with van der Waals surface area (Å²) < 4.78 is 23.0. The van der Waals surface area contributed by atoms with Crippen LogP contribution in [0.15, 0.2) is 109 Å². The number of ketones is 2. The van der Waals surface area contributed by atoms with Crippen molar-refractivity contribution in [2.75, 3.05) is 26.4 Å². The number of nitrogens with zero attached hydrogens (tertiary/aromatic N) is 1. The molecule has 1 aromatic heterocycles. The van der Waals surface area contributed by atoms with Gasteiger partial charge in [0.15, 0.2) is 34.6 Å². The first kappa shape index (κ1) is 36.6. The molecule has 0 saturated carbocycles. The Morgan fingerprint density at radius 2 is 1.36 bits per heavy atom. The highest BCUT2D eigenvalue weighted by molar-refractivity contribution is 6.18. The largest absolute Gasteiger partial charge is 0.490 e. The van der Waals surface area contributed by atoms with Crippen LogP contribution in [0, 0.1) is 0 Å². The van der Waals surface area contributed by atoms with E-state index < -0.39 is 0 Å². The fourth-order valence-electron chi connectivity index (χ4n) is 5.19. The van der Waals surface area contributed by atoms with Crippen LogP contribution in [-0.4, -0.2) is 43.0 Å². The lowest BCUT2D eigenvalue weighted by Gasteiger charge is -2.16. The van der Waals surface area contributed by atoms with Gasteiger partial charge in [0.05, 0.1) is 32.1 Å². The van der Waals surface area contributed by atoms with E-state index in [0.29, 0.717) is 38.4 Å². The van der Waals surface area contributed by atoms with E-state index in [1.54, 1.807) is 6.08 Å². The summed E-state index contributed by atoms with van der Waals surface area (Å²) in [6, 6.07) is 21.7. The van der Waals surface area contributed by atoms with E-state index in [1.165, 1.54) is 18.2 Å². The second kappa shape index (κ2) is 18.3. The fraction of sp³-hybridized carbons (Fsp3) is 0.256. The van der Waals surface area contributed by atoms with Crippen LogP contribution in [-0.2, 0) is 16.0 Å². The lowest BCUT2D eigenvalue weighted by Crippen LogP contribution is -2.13. The van der Waals surface area contributed by atoms with E-state index in [-0.39, 0.29) is 29.9 Å². The third kappa shape index (κ3) is 9.56. The van der Waals surface area contributed by atoms with Gasteiger partial charge in [-0.05, 0) is 92.8 Å². The highest BCUT2D eigenvalue weighted by atomic mass is 35.5. The first-order chi connectivity index (χ1) is 22.4. The first-order valence-electron chi connectivity index (χ1n) is 15.6. The van der Waals surface area contributed by atoms with Gasteiger partial charge in [-0.1, -0.05) is 42.5 Å². The van der Waals surface area contributed by atoms with Crippen LogP contribution >= 0.6 is 12.4 Å². The van der Waals surface area contributed by atoms with Gasteiger partial charge in [-0.15, -0.1) is 19.0 Å². The lowest BCUT2D eigenvalue weighted by molar-refractivity contribution is -0.114. The van der Waals surface area contributed by atoms with Crippen LogP contribution in [0.3, 0.4) is 0 Å². The molecule has 0 bridgehead atoms. The van der Waals surface area contributed by atoms with Gasteiger partial charge in [0.2, 0.25) is 0 Å². The van der Waals surface area contributed by atoms with Crippen LogP contribution in [0.2, 0.25) is 0 Å². The second-order valence-electron chi connectivity index (χ2n) is 10.3. The minimum Gasteiger partial charge on any atom is -0.490 e. The molecule has 1 atom stereocenters. The first-order valence-corrected chi connectivity index (χ1v) is 15.6. The number of ether oxygens (including phenoxy) is 4. The van der Waals surface area contributed by atoms with Gasteiger partial charge in [0, 0.05) is 29.5 Å². The van der Waals surface area contributed by atoms with Gasteiger partial charge in [-0.3, -0.25) is 14.6 Å². The van der Waals surface area contributed by atoms with E-state index in [2.05, 4.69) is 17.6 Å². The zero-order valence-corrected chi connectivity index (χ0v) is 28.2. The van der Waals surface area contributed by atoms with Gasteiger partial charge >= 0.3 is 0 Å². The van der Waals surface area contributed by atoms with Crippen LogP contribution in [0.5, 0.6) is 23.0 Å². The molecule has 47 heavy (non-hydrogen) atoms. The molecule has 1 aliphatic rings. The molecule has 246 valence electrons. The molecule has 0 amide bonds. The Labute approximate surface area is 283 Å². The van der Waals surface area contributed by atoms with E-state index in [4.69, 9.17) is 18.9 Å². The van der Waals surface area contributed by atoms with E-state index in [1.807, 2.05) is 94.6 Å². The van der Waals surface area contributed by atoms with Crippen molar-refractivity contribution in [2.45, 2.75) is 40.0 Å². The molecule has 0 saturated heterocycles. The third-order valence-electron chi connectivity index (χ3n) is 7.20. The zero-order chi connectivity index (χ0) is 32.9. The summed E-state index contributed by atoms with van der Waals surface area (Å²) in [6.07, 6.45) is 8.20. The van der Waals surface area contributed by atoms with Crippen molar-refractivity contribution in [1.82, 2.24) is 4.98 Å². The minimum absolute atomic E-state index is 0. The monoisotopic (exact) mass is 655 g/mol. The average molecular weight is 656 g/mol. The fourth-order valence-corrected chi connectivity index (χ4v) is 5.19. The molecule has 0 radical (unpaired) electrons. The smallest absolute Gasteiger partial charge is 0.183 e. The maximum atomic E-state index is 11.8. The maximum Gasteiger partial charge on any atom is 0.183 e. The molecule has 1 unspecified atom stereocenters. The van der Waals surface area contributed by atoms with Crippen molar-refractivity contribution in [2.24, 2.45) is 0 Å². The van der Waals surface area contributed by atoms with Gasteiger partial charge in [-0.25, -0.2) is 0 Å². The SMILES string of the molecule is C=CC(C1=CC(=O)C=CC1=O)c1ccccc1.CCOc1ccc(Cc2nccc3cc(OCC)c(OCC)cc23)cc1OCC.Cl. The number of fused-ring (bicyclic) bond motifs is 1. The van der Waals surface area contributed by atoms with Crippen LogP contribution < -0.4 is 18.9 Å². The Balaban J connectivity index is 0.000000284. The van der Waals surface area contributed by atoms with Gasteiger partial charge in [0.25, 0.3) is 0 Å². The minimum atomic E-state index is -0.224. The average Bonchev–Trinajstić information content (AvgIpc) is 3.06. The number of halogens is 1. The number of aromatic nitrogens is 1. The number of hydrogen-bond donors (Lipinski definition) is 0. The van der Waals surface area contributed by atoms with Crippen molar-refractivity contribution >= 4 is 34.7 Å². The molecule has 8 heteroatoms. The molecule has 1 aliphatic carbocycles. The summed E-state index contributed by atoms with van der Waals surface area (Å²) in [6.45, 7) is 14.0. The van der Waals surface area contributed by atoms with Crippen LogP contribution in [0.1, 0.15) is 50.4 Å². The highest BCUT2D eigenvalue weighted by Crippen LogP contribution is 2.35. The summed E-state index contributed by atoms with van der Waals surface area (Å²) in [5.41, 5.74) is 3.55. The normalized spacial score (nSPS) is 12.6. The Morgan fingerprint density at radius 3 is 2.00 bits per heavy atom. The molecule has 0 aliphatic heterocycles. The maximum absolute atomic E-state index is 11.8. The topological polar surface area (TPSA) is 84.0 Å². The summed E-state index contributed by atoms with van der Waals surface area (Å²) in [7, 11) is 0. The molecule has 0 spiro atoms. The number of pyridine rings is 1. The predicted octanol–water partition coefficient (Wildman–Crippen LogP) is 8.43. The number of rotatable bonds is 13. The molecule has 5 rings (SSSR count). The van der Waals surface area contributed by atoms with Crippen molar-refractivity contribution in [3.8, 4) is 23.0 Å². The van der Waals surface area contributed by atoms with Crippen molar-refractivity contribution in [3.63, 3.8) is 0 Å². The standard InChI is InChI=1S/C24H29NO4.C15H12O2.ClH/c1-5-26-21-10-9-17(14-22(21)27-6-2)13-20-19-16-24(29-8-4)23(28-7-3)15-18(19)11-12-25-20;1-2-13(11-6-4-3-5-7-11)14-10-12(16)8-9-15(14)17;/h9-12,14-16H,5-8,13H2,1-4H3;2-10,13H,1H2;1H. The van der Waals surface area contributed by atoms with Crippen LogP contribution in [0.4, 0.5) is 0 Å². The second-order valence-corrected chi connectivity index (χ2v) is 10.3. The molecular formula is C39H42ClNO6. The Bertz CT molecular complexity index is 1730. The number of allylic oxidation sites excluding steroid dienone is 5. The summed E-state index contributed by atoms with van der Waals surface area (Å²) >= 11 is 0. The van der Waals surface area contributed by atoms with E-state index in [0.717, 1.165) is 50.6 Å². The Hall–Kier alpha value is -4.88. The molecule has 3 aromatic carbocycles. The van der Waals surface area contributed by atoms with Gasteiger partial charge < -0.3 is 18.9 Å². The predicted molar refractivity (Wildman–Crippen MR) is 190 cm³/mol. The van der Waals surface area contributed by atoms with E-state index >= 15 is 0 Å². The molecule has 4 aromatic rings.